The number of aliphatic hydroxyl groups is 2. The maximum Gasteiger partial charge on any atom is 0.102 e. The Hall–Kier alpha value is -2.16. The Morgan fingerprint density at radius 1 is 0.600 bits per heavy atom. The summed E-state index contributed by atoms with van der Waals surface area (Å²) in [6, 6.07) is 19.3. The standard InChI is InChI=1S/C18H18O2/c19-17(13-11-15-7-3-1-4-8-15)18(20)14-12-16-9-5-2-6-10-16/h1-14,17-20H. The van der Waals surface area contributed by atoms with Crippen LogP contribution in [0.15, 0.2) is 72.8 Å². The average Bonchev–Trinajstić information content (AvgIpc) is 2.52. The molecule has 0 aliphatic rings. The van der Waals surface area contributed by atoms with Crippen molar-refractivity contribution in [3.8, 4) is 0 Å². The molecular weight excluding hydrogens is 248 g/mol. The fourth-order valence-corrected chi connectivity index (χ4v) is 1.78. The van der Waals surface area contributed by atoms with Gasteiger partial charge in [-0.15, -0.1) is 0 Å². The molecule has 2 heteroatoms. The van der Waals surface area contributed by atoms with Crippen molar-refractivity contribution in [3.63, 3.8) is 0 Å². The Morgan fingerprint density at radius 3 is 1.30 bits per heavy atom. The van der Waals surface area contributed by atoms with E-state index in [0.717, 1.165) is 11.1 Å². The van der Waals surface area contributed by atoms with Crippen molar-refractivity contribution < 1.29 is 10.2 Å². The lowest BCUT2D eigenvalue weighted by Gasteiger charge is -2.09. The van der Waals surface area contributed by atoms with Crippen LogP contribution in [-0.4, -0.2) is 22.4 Å². The average molecular weight is 266 g/mol. The van der Waals surface area contributed by atoms with Crippen molar-refractivity contribution in [2.24, 2.45) is 0 Å². The lowest BCUT2D eigenvalue weighted by Crippen LogP contribution is -2.20. The number of aliphatic hydroxyl groups excluding tert-OH is 2. The smallest absolute Gasteiger partial charge is 0.102 e. The number of hydrogen-bond acceptors (Lipinski definition) is 2. The van der Waals surface area contributed by atoms with Crippen LogP contribution in [0.2, 0.25) is 0 Å². The van der Waals surface area contributed by atoms with Crippen LogP contribution in [0.25, 0.3) is 12.2 Å². The van der Waals surface area contributed by atoms with Gasteiger partial charge in [0.05, 0.1) is 0 Å². The summed E-state index contributed by atoms with van der Waals surface area (Å²) in [5.41, 5.74) is 1.98. The molecule has 0 aromatic heterocycles. The Kier molecular flexibility index (Phi) is 5.30. The Bertz CT molecular complexity index is 505. The zero-order valence-electron chi connectivity index (χ0n) is 11.1. The number of benzene rings is 2. The fourth-order valence-electron chi connectivity index (χ4n) is 1.78. The molecule has 2 N–H and O–H groups in total. The highest BCUT2D eigenvalue weighted by Crippen LogP contribution is 2.07. The molecule has 0 radical (unpaired) electrons. The van der Waals surface area contributed by atoms with Crippen molar-refractivity contribution >= 4 is 12.2 Å². The largest absolute Gasteiger partial charge is 0.386 e. The highest BCUT2D eigenvalue weighted by atomic mass is 16.3. The van der Waals surface area contributed by atoms with Crippen molar-refractivity contribution in [1.29, 1.82) is 0 Å². The molecule has 2 aromatic carbocycles. The number of hydrogen-bond donors (Lipinski definition) is 2. The van der Waals surface area contributed by atoms with Crippen molar-refractivity contribution in [2.75, 3.05) is 0 Å². The topological polar surface area (TPSA) is 40.5 Å². The van der Waals surface area contributed by atoms with Crippen LogP contribution in [0, 0.1) is 0 Å². The molecule has 2 unspecified atom stereocenters. The maximum atomic E-state index is 9.87. The van der Waals surface area contributed by atoms with Gasteiger partial charge in [0, 0.05) is 0 Å². The van der Waals surface area contributed by atoms with Gasteiger partial charge in [-0.05, 0) is 11.1 Å². The molecule has 0 aliphatic carbocycles. The summed E-state index contributed by atoms with van der Waals surface area (Å²) in [5, 5.41) is 19.7. The van der Waals surface area contributed by atoms with Crippen LogP contribution in [-0.2, 0) is 0 Å². The minimum atomic E-state index is -0.921. The van der Waals surface area contributed by atoms with Gasteiger partial charge < -0.3 is 10.2 Å². The van der Waals surface area contributed by atoms with Gasteiger partial charge in [-0.1, -0.05) is 85.0 Å². The summed E-state index contributed by atoms with van der Waals surface area (Å²) in [6.45, 7) is 0. The van der Waals surface area contributed by atoms with E-state index >= 15 is 0 Å². The molecule has 0 saturated carbocycles. The molecule has 0 spiro atoms. The van der Waals surface area contributed by atoms with Crippen LogP contribution >= 0.6 is 0 Å². The normalized spacial score (nSPS) is 14.7. The third-order valence-electron chi connectivity index (χ3n) is 2.92. The molecule has 0 heterocycles. The first-order chi connectivity index (χ1) is 9.75. The fraction of sp³-hybridized carbons (Fsp3) is 0.111. The van der Waals surface area contributed by atoms with Gasteiger partial charge in [0.2, 0.25) is 0 Å². The molecule has 20 heavy (non-hydrogen) atoms. The van der Waals surface area contributed by atoms with Crippen molar-refractivity contribution in [1.82, 2.24) is 0 Å². The van der Waals surface area contributed by atoms with Crippen LogP contribution in [0.3, 0.4) is 0 Å². The van der Waals surface area contributed by atoms with Crippen LogP contribution < -0.4 is 0 Å². The van der Waals surface area contributed by atoms with E-state index in [0.29, 0.717) is 0 Å². The van der Waals surface area contributed by atoms with Crippen molar-refractivity contribution in [2.45, 2.75) is 12.2 Å². The van der Waals surface area contributed by atoms with Gasteiger partial charge in [-0.3, -0.25) is 0 Å². The first kappa shape index (κ1) is 14.3. The van der Waals surface area contributed by atoms with Crippen LogP contribution in [0.5, 0.6) is 0 Å². The highest BCUT2D eigenvalue weighted by Gasteiger charge is 2.08. The second kappa shape index (κ2) is 7.43. The minimum Gasteiger partial charge on any atom is -0.386 e. The highest BCUT2D eigenvalue weighted by molar-refractivity contribution is 5.51. The Morgan fingerprint density at radius 2 is 0.950 bits per heavy atom. The third-order valence-corrected chi connectivity index (χ3v) is 2.92. The predicted molar refractivity (Wildman–Crippen MR) is 83.0 cm³/mol. The molecule has 2 atom stereocenters. The zero-order chi connectivity index (χ0) is 14.2. The Balaban J connectivity index is 1.94. The second-order valence-corrected chi connectivity index (χ2v) is 4.52. The molecule has 0 aliphatic heterocycles. The summed E-state index contributed by atoms with van der Waals surface area (Å²) < 4.78 is 0. The molecule has 0 amide bonds. The van der Waals surface area contributed by atoms with E-state index < -0.39 is 12.2 Å². The van der Waals surface area contributed by atoms with E-state index in [1.807, 2.05) is 60.7 Å². The molecular formula is C18H18O2. The molecule has 102 valence electrons. The molecule has 2 aromatic rings. The van der Waals surface area contributed by atoms with E-state index in [-0.39, 0.29) is 0 Å². The first-order valence-electron chi connectivity index (χ1n) is 6.58. The van der Waals surface area contributed by atoms with Gasteiger partial charge in [0.15, 0.2) is 0 Å². The van der Waals surface area contributed by atoms with E-state index in [1.165, 1.54) is 0 Å². The van der Waals surface area contributed by atoms with Gasteiger partial charge >= 0.3 is 0 Å². The second-order valence-electron chi connectivity index (χ2n) is 4.52. The summed E-state index contributed by atoms with van der Waals surface area (Å²) >= 11 is 0. The Labute approximate surface area is 119 Å². The van der Waals surface area contributed by atoms with E-state index in [9.17, 15) is 10.2 Å². The van der Waals surface area contributed by atoms with Crippen molar-refractivity contribution in [3.05, 3.63) is 83.9 Å². The SMILES string of the molecule is OC(C=Cc1ccccc1)C(O)C=Cc1ccccc1. The van der Waals surface area contributed by atoms with E-state index in [4.69, 9.17) is 0 Å². The lowest BCUT2D eigenvalue weighted by molar-refractivity contribution is 0.0818. The summed E-state index contributed by atoms with van der Waals surface area (Å²) in [7, 11) is 0. The molecule has 0 saturated heterocycles. The predicted octanol–water partition coefficient (Wildman–Crippen LogP) is 3.14. The molecule has 2 nitrogen and oxygen atoms in total. The van der Waals surface area contributed by atoms with E-state index in [2.05, 4.69) is 0 Å². The van der Waals surface area contributed by atoms with Crippen LogP contribution in [0.1, 0.15) is 11.1 Å². The number of rotatable bonds is 5. The third kappa shape index (κ3) is 4.50. The van der Waals surface area contributed by atoms with Crippen LogP contribution in [0.4, 0.5) is 0 Å². The van der Waals surface area contributed by atoms with Gasteiger partial charge in [-0.2, -0.15) is 0 Å². The van der Waals surface area contributed by atoms with Gasteiger partial charge in [-0.25, -0.2) is 0 Å². The molecule has 2 rings (SSSR count). The summed E-state index contributed by atoms with van der Waals surface area (Å²) in [6.07, 6.45) is 4.93. The van der Waals surface area contributed by atoms with Gasteiger partial charge in [0.1, 0.15) is 12.2 Å². The summed E-state index contributed by atoms with van der Waals surface area (Å²) in [4.78, 5) is 0. The minimum absolute atomic E-state index is 0.921. The quantitative estimate of drug-likeness (QED) is 0.873. The zero-order valence-corrected chi connectivity index (χ0v) is 11.1. The first-order valence-corrected chi connectivity index (χ1v) is 6.58. The molecule has 0 fully saturated rings. The summed E-state index contributed by atoms with van der Waals surface area (Å²) in [5.74, 6) is 0. The molecule has 0 bridgehead atoms. The lowest BCUT2D eigenvalue weighted by atomic mass is 10.1. The van der Waals surface area contributed by atoms with E-state index in [1.54, 1.807) is 24.3 Å². The monoisotopic (exact) mass is 266 g/mol. The maximum absolute atomic E-state index is 9.87. The van der Waals surface area contributed by atoms with Gasteiger partial charge in [0.25, 0.3) is 0 Å².